The molecule has 0 spiro atoms. The molecular weight excluding hydrogens is 212 g/mol. The number of amides is 2. The number of ether oxygens (including phenoxy) is 1. The first-order valence-electron chi connectivity index (χ1n) is 4.54. The zero-order valence-electron chi connectivity index (χ0n) is 8.99. The first-order chi connectivity index (χ1) is 7.60. The topological polar surface area (TPSA) is 84.5 Å². The average Bonchev–Trinajstić information content (AvgIpc) is 2.31. The quantitative estimate of drug-likeness (QED) is 0.350. The van der Waals surface area contributed by atoms with Crippen LogP contribution in [0.4, 0.5) is 0 Å². The molecule has 0 bridgehead atoms. The van der Waals surface area contributed by atoms with Crippen LogP contribution in [0.15, 0.2) is 24.8 Å². The van der Waals surface area contributed by atoms with Gasteiger partial charge in [-0.2, -0.15) is 0 Å². The Hall–Kier alpha value is -2.11. The fourth-order valence-corrected chi connectivity index (χ4v) is 0.714. The molecule has 16 heavy (non-hydrogen) atoms. The van der Waals surface area contributed by atoms with Crippen LogP contribution in [0.25, 0.3) is 0 Å². The third-order valence-corrected chi connectivity index (χ3v) is 1.48. The van der Waals surface area contributed by atoms with Gasteiger partial charge >= 0.3 is 5.97 Å². The van der Waals surface area contributed by atoms with Crippen LogP contribution in [-0.4, -0.2) is 38.0 Å². The molecule has 88 valence electrons. The number of hydrogen-bond donors (Lipinski definition) is 2. The van der Waals surface area contributed by atoms with Crippen molar-refractivity contribution in [1.29, 1.82) is 0 Å². The summed E-state index contributed by atoms with van der Waals surface area (Å²) in [6.07, 6.45) is 3.21. The lowest BCUT2D eigenvalue weighted by atomic mass is 10.4. The van der Waals surface area contributed by atoms with E-state index in [1.54, 1.807) is 0 Å². The van der Waals surface area contributed by atoms with Gasteiger partial charge in [0.25, 0.3) is 0 Å². The Morgan fingerprint density at radius 1 is 1.12 bits per heavy atom. The predicted octanol–water partition coefficient (Wildman–Crippen LogP) is -0.866. The summed E-state index contributed by atoms with van der Waals surface area (Å²) >= 11 is 0. The zero-order valence-corrected chi connectivity index (χ0v) is 8.99. The first-order valence-corrected chi connectivity index (χ1v) is 4.54. The molecule has 6 heteroatoms. The highest BCUT2D eigenvalue weighted by atomic mass is 16.5. The fraction of sp³-hybridized carbons (Fsp3) is 0.300. The summed E-state index contributed by atoms with van der Waals surface area (Å²) in [7, 11) is 1.22. The summed E-state index contributed by atoms with van der Waals surface area (Å²) < 4.78 is 4.30. The van der Waals surface area contributed by atoms with Crippen molar-refractivity contribution >= 4 is 17.8 Å². The van der Waals surface area contributed by atoms with Crippen LogP contribution < -0.4 is 10.6 Å². The van der Waals surface area contributed by atoms with Crippen molar-refractivity contribution in [1.82, 2.24) is 10.6 Å². The standard InChI is InChI=1S/C10H14N2O4/c1-3-8(13)11-6-7-12-9(14)4-5-10(15)16-2/h3-5H,1,6-7H2,2H3,(H,11,13)(H,12,14)/b5-4+. The second kappa shape index (κ2) is 8.22. The normalized spacial score (nSPS) is 9.56. The smallest absolute Gasteiger partial charge is 0.330 e. The van der Waals surface area contributed by atoms with Gasteiger partial charge in [0.05, 0.1) is 7.11 Å². The summed E-state index contributed by atoms with van der Waals surface area (Å²) in [6.45, 7) is 3.83. The van der Waals surface area contributed by atoms with Crippen LogP contribution in [0.2, 0.25) is 0 Å². The van der Waals surface area contributed by atoms with Gasteiger partial charge < -0.3 is 15.4 Å². The summed E-state index contributed by atoms with van der Waals surface area (Å²) in [5.74, 6) is -1.34. The van der Waals surface area contributed by atoms with Gasteiger partial charge in [0, 0.05) is 25.2 Å². The lowest BCUT2D eigenvalue weighted by Crippen LogP contribution is -2.33. The molecule has 0 saturated carbocycles. The highest BCUT2D eigenvalue weighted by Gasteiger charge is 1.97. The largest absolute Gasteiger partial charge is 0.466 e. The van der Waals surface area contributed by atoms with Gasteiger partial charge in [-0.3, -0.25) is 9.59 Å². The molecule has 0 heterocycles. The molecule has 6 nitrogen and oxygen atoms in total. The average molecular weight is 226 g/mol. The molecule has 0 aliphatic carbocycles. The van der Waals surface area contributed by atoms with Gasteiger partial charge in [0.15, 0.2) is 0 Å². The second-order valence-corrected chi connectivity index (χ2v) is 2.64. The Balaban J connectivity index is 3.66. The number of nitrogens with one attached hydrogen (secondary N) is 2. The van der Waals surface area contributed by atoms with Crippen molar-refractivity contribution in [2.24, 2.45) is 0 Å². The van der Waals surface area contributed by atoms with Gasteiger partial charge in [-0.1, -0.05) is 6.58 Å². The van der Waals surface area contributed by atoms with Gasteiger partial charge in [-0.25, -0.2) is 4.79 Å². The SMILES string of the molecule is C=CC(=O)NCCNC(=O)/C=C/C(=O)OC. The van der Waals surface area contributed by atoms with E-state index in [1.165, 1.54) is 7.11 Å². The molecule has 0 unspecified atom stereocenters. The molecule has 0 aliphatic heterocycles. The highest BCUT2D eigenvalue weighted by Crippen LogP contribution is 1.78. The summed E-state index contributed by atoms with van der Waals surface area (Å²) in [5, 5.41) is 4.94. The fourth-order valence-electron chi connectivity index (χ4n) is 0.714. The van der Waals surface area contributed by atoms with E-state index in [9.17, 15) is 14.4 Å². The second-order valence-electron chi connectivity index (χ2n) is 2.64. The lowest BCUT2D eigenvalue weighted by molar-refractivity contribution is -0.135. The number of esters is 1. The molecule has 2 amide bonds. The maximum atomic E-state index is 11.0. The third kappa shape index (κ3) is 7.31. The van der Waals surface area contributed by atoms with E-state index in [1.807, 2.05) is 0 Å². The maximum Gasteiger partial charge on any atom is 0.330 e. The van der Waals surface area contributed by atoms with E-state index in [4.69, 9.17) is 0 Å². The summed E-state index contributed by atoms with van der Waals surface area (Å²) in [4.78, 5) is 32.3. The Labute approximate surface area is 93.3 Å². The van der Waals surface area contributed by atoms with Crippen molar-refractivity contribution in [2.75, 3.05) is 20.2 Å². The number of methoxy groups -OCH3 is 1. The van der Waals surface area contributed by atoms with E-state index < -0.39 is 11.9 Å². The van der Waals surface area contributed by atoms with Crippen LogP contribution in [0.3, 0.4) is 0 Å². The Kier molecular flexibility index (Phi) is 7.14. The van der Waals surface area contributed by atoms with Crippen LogP contribution >= 0.6 is 0 Å². The van der Waals surface area contributed by atoms with Gasteiger partial charge in [-0.05, 0) is 6.08 Å². The van der Waals surface area contributed by atoms with E-state index in [-0.39, 0.29) is 12.5 Å². The number of carbonyl (C=O) groups is 3. The highest BCUT2D eigenvalue weighted by molar-refractivity contribution is 5.94. The van der Waals surface area contributed by atoms with Crippen molar-refractivity contribution in [3.05, 3.63) is 24.8 Å². The molecule has 0 fully saturated rings. The predicted molar refractivity (Wildman–Crippen MR) is 57.4 cm³/mol. The van der Waals surface area contributed by atoms with Crippen molar-refractivity contribution < 1.29 is 19.1 Å². The van der Waals surface area contributed by atoms with Gasteiger partial charge in [-0.15, -0.1) is 0 Å². The minimum absolute atomic E-state index is 0.268. The van der Waals surface area contributed by atoms with Crippen LogP contribution in [0, 0.1) is 0 Å². The van der Waals surface area contributed by atoms with Crippen molar-refractivity contribution in [3.63, 3.8) is 0 Å². The van der Waals surface area contributed by atoms with E-state index in [2.05, 4.69) is 21.9 Å². The number of hydrogen-bond acceptors (Lipinski definition) is 4. The Bertz CT molecular complexity index is 310. The van der Waals surface area contributed by atoms with E-state index in [0.717, 1.165) is 18.2 Å². The van der Waals surface area contributed by atoms with Crippen LogP contribution in [0.1, 0.15) is 0 Å². The monoisotopic (exact) mass is 226 g/mol. The first kappa shape index (κ1) is 13.9. The molecule has 0 atom stereocenters. The minimum atomic E-state index is -0.602. The zero-order chi connectivity index (χ0) is 12.4. The number of carbonyl (C=O) groups excluding carboxylic acids is 3. The Morgan fingerprint density at radius 3 is 2.19 bits per heavy atom. The minimum Gasteiger partial charge on any atom is -0.466 e. The number of rotatable bonds is 6. The van der Waals surface area contributed by atoms with E-state index in [0.29, 0.717) is 6.54 Å². The third-order valence-electron chi connectivity index (χ3n) is 1.48. The van der Waals surface area contributed by atoms with Crippen molar-refractivity contribution in [2.45, 2.75) is 0 Å². The maximum absolute atomic E-state index is 11.0. The van der Waals surface area contributed by atoms with Crippen molar-refractivity contribution in [3.8, 4) is 0 Å². The molecule has 0 aromatic rings. The van der Waals surface area contributed by atoms with Crippen LogP contribution in [-0.2, 0) is 19.1 Å². The molecule has 0 rings (SSSR count). The molecular formula is C10H14N2O4. The van der Waals surface area contributed by atoms with E-state index >= 15 is 0 Å². The molecule has 0 aliphatic rings. The Morgan fingerprint density at radius 2 is 1.69 bits per heavy atom. The molecule has 0 radical (unpaired) electrons. The summed E-state index contributed by atoms with van der Waals surface area (Å²) in [5.41, 5.74) is 0. The summed E-state index contributed by atoms with van der Waals surface area (Å²) in [6, 6.07) is 0. The molecule has 0 aromatic heterocycles. The van der Waals surface area contributed by atoms with Gasteiger partial charge in [0.1, 0.15) is 0 Å². The molecule has 0 aromatic carbocycles. The molecule has 0 saturated heterocycles. The van der Waals surface area contributed by atoms with Crippen LogP contribution in [0.5, 0.6) is 0 Å². The van der Waals surface area contributed by atoms with Gasteiger partial charge in [0.2, 0.25) is 11.8 Å². The molecule has 2 N–H and O–H groups in total. The lowest BCUT2D eigenvalue weighted by Gasteiger charge is -2.02.